The molecule has 1 saturated heterocycles. The lowest BCUT2D eigenvalue weighted by Gasteiger charge is -2.38. The van der Waals surface area contributed by atoms with Gasteiger partial charge in [-0.05, 0) is 32.0 Å². The van der Waals surface area contributed by atoms with Crippen molar-refractivity contribution in [3.05, 3.63) is 54.1 Å². The van der Waals surface area contributed by atoms with E-state index in [9.17, 15) is 4.79 Å². The maximum Gasteiger partial charge on any atom is 0.232 e. The van der Waals surface area contributed by atoms with Gasteiger partial charge in [-0.25, -0.2) is 19.6 Å². The average Bonchev–Trinajstić information content (AvgIpc) is 3.22. The van der Waals surface area contributed by atoms with Crippen LogP contribution in [-0.4, -0.2) is 43.7 Å². The third-order valence-electron chi connectivity index (χ3n) is 4.97. The van der Waals surface area contributed by atoms with E-state index in [2.05, 4.69) is 30.3 Å². The Balaban J connectivity index is 1.25. The first-order valence-electron chi connectivity index (χ1n) is 9.34. The van der Waals surface area contributed by atoms with Gasteiger partial charge in [-0.3, -0.25) is 4.79 Å². The van der Waals surface area contributed by atoms with Crippen LogP contribution in [0.2, 0.25) is 0 Å². The van der Waals surface area contributed by atoms with Crippen molar-refractivity contribution in [2.45, 2.75) is 13.8 Å². The lowest BCUT2D eigenvalue weighted by molar-refractivity contribution is -0.120. The summed E-state index contributed by atoms with van der Waals surface area (Å²) in [4.78, 5) is 27.8. The van der Waals surface area contributed by atoms with E-state index in [1.807, 2.05) is 50.2 Å². The molecule has 0 atom stereocenters. The number of hydrogen-bond donors (Lipinski definition) is 1. The standard InChI is InChI=1S/C20H19N7OS/c1-12-7-13(2)27(25-12)18-8-17(21-11-22-18)26-9-14(10-26)19(28)24-20-23-15-5-3-4-6-16(15)29-20/h3-8,11,14H,9-10H2,1-2H3,(H,23,24,28). The number of para-hydroxylation sites is 1. The predicted molar refractivity (Wildman–Crippen MR) is 113 cm³/mol. The molecular formula is C20H19N7OS. The Morgan fingerprint density at radius 3 is 2.69 bits per heavy atom. The molecule has 4 heterocycles. The fourth-order valence-corrected chi connectivity index (χ4v) is 4.32. The molecule has 1 N–H and O–H groups in total. The highest BCUT2D eigenvalue weighted by Gasteiger charge is 2.34. The van der Waals surface area contributed by atoms with Gasteiger partial charge in [0.05, 0.1) is 21.8 Å². The number of nitrogens with zero attached hydrogens (tertiary/aromatic N) is 6. The molecule has 146 valence electrons. The van der Waals surface area contributed by atoms with Gasteiger partial charge in [0.15, 0.2) is 10.9 Å². The van der Waals surface area contributed by atoms with Crippen LogP contribution < -0.4 is 10.2 Å². The topological polar surface area (TPSA) is 88.8 Å². The molecule has 0 radical (unpaired) electrons. The summed E-state index contributed by atoms with van der Waals surface area (Å²) in [5.74, 6) is 1.43. The van der Waals surface area contributed by atoms with E-state index in [1.165, 1.54) is 17.7 Å². The van der Waals surface area contributed by atoms with Crippen LogP contribution in [0.25, 0.3) is 16.0 Å². The van der Waals surface area contributed by atoms with E-state index in [1.54, 1.807) is 4.68 Å². The number of benzene rings is 1. The molecular weight excluding hydrogens is 386 g/mol. The second-order valence-corrected chi connectivity index (χ2v) is 8.18. The summed E-state index contributed by atoms with van der Waals surface area (Å²) in [6.45, 7) is 5.18. The van der Waals surface area contributed by atoms with Gasteiger partial charge in [0.2, 0.25) is 5.91 Å². The summed E-state index contributed by atoms with van der Waals surface area (Å²) in [5, 5.41) is 8.06. The zero-order valence-electron chi connectivity index (χ0n) is 16.0. The van der Waals surface area contributed by atoms with Crippen LogP contribution in [0.15, 0.2) is 42.7 Å². The summed E-state index contributed by atoms with van der Waals surface area (Å²) in [5.41, 5.74) is 2.86. The average molecular weight is 405 g/mol. The number of aryl methyl sites for hydroxylation is 2. The van der Waals surface area contributed by atoms with E-state index in [0.717, 1.165) is 33.2 Å². The van der Waals surface area contributed by atoms with Gasteiger partial charge in [-0.1, -0.05) is 23.5 Å². The van der Waals surface area contributed by atoms with E-state index in [4.69, 9.17) is 0 Å². The first kappa shape index (κ1) is 17.7. The lowest BCUT2D eigenvalue weighted by Crippen LogP contribution is -2.52. The van der Waals surface area contributed by atoms with E-state index < -0.39 is 0 Å². The number of carbonyl (C=O) groups excluding carboxylic acids is 1. The molecule has 0 unspecified atom stereocenters. The van der Waals surface area contributed by atoms with E-state index in [0.29, 0.717) is 18.2 Å². The second-order valence-electron chi connectivity index (χ2n) is 7.15. The van der Waals surface area contributed by atoms with Crippen molar-refractivity contribution in [2.75, 3.05) is 23.3 Å². The maximum absolute atomic E-state index is 12.6. The zero-order valence-corrected chi connectivity index (χ0v) is 16.8. The minimum Gasteiger partial charge on any atom is -0.355 e. The molecule has 0 spiro atoms. The van der Waals surface area contributed by atoms with Crippen molar-refractivity contribution in [3.8, 4) is 5.82 Å². The predicted octanol–water partition coefficient (Wildman–Crippen LogP) is 2.96. The first-order valence-corrected chi connectivity index (χ1v) is 10.2. The van der Waals surface area contributed by atoms with Crippen LogP contribution in [0.5, 0.6) is 0 Å². The van der Waals surface area contributed by atoms with Gasteiger partial charge in [0, 0.05) is 24.8 Å². The van der Waals surface area contributed by atoms with Crippen LogP contribution in [0, 0.1) is 19.8 Å². The lowest BCUT2D eigenvalue weighted by atomic mass is 9.99. The highest BCUT2D eigenvalue weighted by Crippen LogP contribution is 2.28. The van der Waals surface area contributed by atoms with Crippen molar-refractivity contribution >= 4 is 38.4 Å². The molecule has 8 nitrogen and oxygen atoms in total. The van der Waals surface area contributed by atoms with Crippen molar-refractivity contribution in [1.29, 1.82) is 0 Å². The fourth-order valence-electron chi connectivity index (χ4n) is 3.45. The number of thiazole rings is 1. The second kappa shape index (κ2) is 6.93. The highest BCUT2D eigenvalue weighted by molar-refractivity contribution is 7.22. The Bertz CT molecular complexity index is 1180. The van der Waals surface area contributed by atoms with Crippen molar-refractivity contribution in [3.63, 3.8) is 0 Å². The molecule has 1 aliphatic heterocycles. The van der Waals surface area contributed by atoms with Crippen LogP contribution in [-0.2, 0) is 4.79 Å². The smallest absolute Gasteiger partial charge is 0.232 e. The van der Waals surface area contributed by atoms with Gasteiger partial charge in [-0.2, -0.15) is 5.10 Å². The number of amides is 1. The third kappa shape index (κ3) is 3.33. The molecule has 29 heavy (non-hydrogen) atoms. The highest BCUT2D eigenvalue weighted by atomic mass is 32.1. The minimum absolute atomic E-state index is 0.00636. The molecule has 1 aliphatic rings. The van der Waals surface area contributed by atoms with Gasteiger partial charge < -0.3 is 10.2 Å². The van der Waals surface area contributed by atoms with E-state index in [-0.39, 0.29) is 11.8 Å². The SMILES string of the molecule is Cc1cc(C)n(-c2cc(N3CC(C(=O)Nc4nc5ccccc5s4)C3)ncn2)n1. The number of fused-ring (bicyclic) bond motifs is 1. The van der Waals surface area contributed by atoms with Crippen LogP contribution >= 0.6 is 11.3 Å². The maximum atomic E-state index is 12.6. The molecule has 0 saturated carbocycles. The quantitative estimate of drug-likeness (QED) is 0.562. The number of nitrogens with one attached hydrogen (secondary N) is 1. The molecule has 4 aromatic rings. The molecule has 0 bridgehead atoms. The van der Waals surface area contributed by atoms with E-state index >= 15 is 0 Å². The molecule has 0 aliphatic carbocycles. The van der Waals surface area contributed by atoms with Gasteiger partial charge >= 0.3 is 0 Å². The van der Waals surface area contributed by atoms with Crippen LogP contribution in [0.1, 0.15) is 11.4 Å². The Morgan fingerprint density at radius 2 is 1.93 bits per heavy atom. The Morgan fingerprint density at radius 1 is 1.14 bits per heavy atom. The number of anilines is 2. The third-order valence-corrected chi connectivity index (χ3v) is 5.92. The number of carbonyl (C=O) groups is 1. The molecule has 3 aromatic heterocycles. The van der Waals surface area contributed by atoms with Crippen molar-refractivity contribution in [1.82, 2.24) is 24.7 Å². The minimum atomic E-state index is -0.0888. The fraction of sp³-hybridized carbons (Fsp3) is 0.250. The van der Waals surface area contributed by atoms with Gasteiger partial charge in [-0.15, -0.1) is 0 Å². The molecule has 1 aromatic carbocycles. The molecule has 1 fully saturated rings. The molecule has 9 heteroatoms. The largest absolute Gasteiger partial charge is 0.355 e. The summed E-state index contributed by atoms with van der Waals surface area (Å²) in [7, 11) is 0. The number of aromatic nitrogens is 5. The molecule has 5 rings (SSSR count). The monoisotopic (exact) mass is 405 g/mol. The van der Waals surface area contributed by atoms with Crippen molar-refractivity contribution < 1.29 is 4.79 Å². The van der Waals surface area contributed by atoms with Crippen LogP contribution in [0.4, 0.5) is 10.9 Å². The van der Waals surface area contributed by atoms with Gasteiger partial charge in [0.1, 0.15) is 12.1 Å². The number of hydrogen-bond acceptors (Lipinski definition) is 7. The zero-order chi connectivity index (χ0) is 20.0. The summed E-state index contributed by atoms with van der Waals surface area (Å²) in [6, 6.07) is 11.8. The summed E-state index contributed by atoms with van der Waals surface area (Å²) >= 11 is 1.49. The normalized spacial score (nSPS) is 14.2. The van der Waals surface area contributed by atoms with Gasteiger partial charge in [0.25, 0.3) is 0 Å². The first-order chi connectivity index (χ1) is 14.1. The summed E-state index contributed by atoms with van der Waals surface area (Å²) < 4.78 is 2.87. The van der Waals surface area contributed by atoms with Crippen LogP contribution in [0.3, 0.4) is 0 Å². The molecule has 1 amide bonds. The summed E-state index contributed by atoms with van der Waals surface area (Å²) in [6.07, 6.45) is 1.54. The van der Waals surface area contributed by atoms with Crippen molar-refractivity contribution in [2.24, 2.45) is 5.92 Å². The number of rotatable bonds is 4. The Kier molecular flexibility index (Phi) is 4.24. The Labute approximate surface area is 171 Å². The Hall–Kier alpha value is -3.33.